The van der Waals surface area contributed by atoms with Crippen LogP contribution in [0, 0.1) is 0 Å². The first-order chi connectivity index (χ1) is 11.6. The maximum absolute atomic E-state index is 10.7. The fourth-order valence-corrected chi connectivity index (χ4v) is 3.15. The van der Waals surface area contributed by atoms with Crippen molar-refractivity contribution in [1.82, 2.24) is 0 Å². The third-order valence-corrected chi connectivity index (χ3v) is 4.84. The van der Waals surface area contributed by atoms with E-state index in [1.54, 1.807) is 0 Å². The Balaban J connectivity index is 1.95. The van der Waals surface area contributed by atoms with Gasteiger partial charge in [-0.25, -0.2) is 4.79 Å². The van der Waals surface area contributed by atoms with E-state index in [1.807, 2.05) is 0 Å². The summed E-state index contributed by atoms with van der Waals surface area (Å²) in [5.41, 5.74) is 1.71. The zero-order valence-electron chi connectivity index (χ0n) is 15.4. The van der Waals surface area contributed by atoms with Crippen LogP contribution >= 0.6 is 0 Å². The molecule has 24 heavy (non-hydrogen) atoms. The first-order valence-electron chi connectivity index (χ1n) is 9.46. The molecule has 0 aliphatic heterocycles. The van der Waals surface area contributed by atoms with Crippen molar-refractivity contribution in [1.29, 1.82) is 0 Å². The maximum Gasteiger partial charge on any atom is 0.342 e. The number of hydrogen-bond acceptors (Lipinski definition) is 3. The van der Waals surface area contributed by atoms with Crippen molar-refractivity contribution in [2.75, 3.05) is 0 Å². The molecular weight excluding hydrogens is 300 g/mol. The molecule has 0 aliphatic rings. The molecule has 1 N–H and O–H groups in total. The molecule has 1 rings (SSSR count). The number of rotatable bonds is 13. The van der Waals surface area contributed by atoms with Crippen molar-refractivity contribution in [3.8, 4) is 0 Å². The Bertz CT molecular complexity index is 440. The van der Waals surface area contributed by atoms with E-state index in [0.717, 1.165) is 12.8 Å². The van der Waals surface area contributed by atoms with E-state index in [1.165, 1.54) is 56.9 Å². The molecule has 1 aromatic carbocycles. The largest absolute Gasteiger partial charge is 0.342 e. The van der Waals surface area contributed by atoms with Crippen molar-refractivity contribution in [3.05, 3.63) is 35.9 Å². The average Bonchev–Trinajstić information content (AvgIpc) is 2.60. The summed E-state index contributed by atoms with van der Waals surface area (Å²) in [4.78, 5) is 14.4. The monoisotopic (exact) mass is 334 g/mol. The van der Waals surface area contributed by atoms with E-state index >= 15 is 0 Å². The Hall–Kier alpha value is -1.35. The number of benzene rings is 1. The van der Waals surface area contributed by atoms with Crippen molar-refractivity contribution in [2.45, 2.75) is 89.9 Å². The van der Waals surface area contributed by atoms with Crippen molar-refractivity contribution in [3.63, 3.8) is 0 Å². The zero-order chi connectivity index (χ0) is 17.7. The van der Waals surface area contributed by atoms with Gasteiger partial charge in [0.15, 0.2) is 0 Å². The topological polar surface area (TPSA) is 46.5 Å². The van der Waals surface area contributed by atoms with E-state index < -0.39 is 5.97 Å². The third-order valence-electron chi connectivity index (χ3n) is 4.84. The molecule has 0 saturated carbocycles. The molecular formula is C21H34O3. The van der Waals surface area contributed by atoms with Crippen LogP contribution < -0.4 is 0 Å². The molecule has 0 fully saturated rings. The highest BCUT2D eigenvalue weighted by molar-refractivity contribution is 5.68. The van der Waals surface area contributed by atoms with E-state index in [0.29, 0.717) is 6.42 Å². The van der Waals surface area contributed by atoms with Gasteiger partial charge in [-0.3, -0.25) is 0 Å². The average molecular weight is 334 g/mol. The van der Waals surface area contributed by atoms with Gasteiger partial charge < -0.3 is 4.89 Å². The molecule has 0 aromatic heterocycles. The number of unbranched alkanes of at least 4 members (excludes halogenated alkanes) is 8. The zero-order valence-corrected chi connectivity index (χ0v) is 15.4. The van der Waals surface area contributed by atoms with Gasteiger partial charge in [-0.1, -0.05) is 95.5 Å². The van der Waals surface area contributed by atoms with Crippen LogP contribution in [-0.2, 0) is 15.1 Å². The van der Waals surface area contributed by atoms with Crippen LogP contribution in [0.25, 0.3) is 0 Å². The van der Waals surface area contributed by atoms with Crippen molar-refractivity contribution in [2.24, 2.45) is 0 Å². The van der Waals surface area contributed by atoms with Crippen LogP contribution in [-0.4, -0.2) is 11.2 Å². The summed E-state index contributed by atoms with van der Waals surface area (Å²) in [6.45, 7) is 4.68. The molecule has 0 bridgehead atoms. The van der Waals surface area contributed by atoms with Crippen LogP contribution in [0.2, 0.25) is 0 Å². The first kappa shape index (κ1) is 20.7. The predicted octanol–water partition coefficient (Wildman–Crippen LogP) is 6.27. The van der Waals surface area contributed by atoms with Gasteiger partial charge in [-0.2, -0.15) is 5.26 Å². The fourth-order valence-electron chi connectivity index (χ4n) is 3.15. The predicted molar refractivity (Wildman–Crippen MR) is 99.0 cm³/mol. The molecule has 0 radical (unpaired) electrons. The summed E-state index contributed by atoms with van der Waals surface area (Å²) in [6.07, 6.45) is 12.4. The minimum absolute atomic E-state index is 0.275. The summed E-state index contributed by atoms with van der Waals surface area (Å²) in [7, 11) is 0. The minimum atomic E-state index is -0.520. The summed E-state index contributed by atoms with van der Waals surface area (Å²) in [5, 5.41) is 8.14. The third kappa shape index (κ3) is 9.07. The highest BCUT2D eigenvalue weighted by Crippen LogP contribution is 2.29. The standard InChI is InChI=1S/C21H34O3/c1-21(2,19-15-11-10-12-16-19)18-14-9-7-5-3-4-6-8-13-17-20(22)24-23/h10-12,15-16,23H,3-9,13-14,17-18H2,1-2H3. The molecule has 0 aliphatic carbocycles. The molecule has 136 valence electrons. The van der Waals surface area contributed by atoms with Crippen LogP contribution in [0.5, 0.6) is 0 Å². The Kier molecular flexibility index (Phi) is 10.4. The molecule has 0 atom stereocenters. The van der Waals surface area contributed by atoms with Gasteiger partial charge in [0.25, 0.3) is 0 Å². The smallest absolute Gasteiger partial charge is 0.301 e. The van der Waals surface area contributed by atoms with Gasteiger partial charge >= 0.3 is 5.97 Å². The van der Waals surface area contributed by atoms with Crippen LogP contribution in [0.1, 0.15) is 90.0 Å². The molecule has 0 spiro atoms. The highest BCUT2D eigenvalue weighted by atomic mass is 17.1. The molecule has 3 heteroatoms. The van der Waals surface area contributed by atoms with Crippen LogP contribution in [0.3, 0.4) is 0 Å². The second-order valence-electron chi connectivity index (χ2n) is 7.40. The van der Waals surface area contributed by atoms with E-state index in [-0.39, 0.29) is 5.41 Å². The second-order valence-corrected chi connectivity index (χ2v) is 7.40. The first-order valence-corrected chi connectivity index (χ1v) is 9.46. The Morgan fingerprint density at radius 3 is 1.92 bits per heavy atom. The lowest BCUT2D eigenvalue weighted by atomic mass is 9.80. The van der Waals surface area contributed by atoms with Gasteiger partial charge in [0.1, 0.15) is 0 Å². The summed E-state index contributed by atoms with van der Waals surface area (Å²) < 4.78 is 0. The second kappa shape index (κ2) is 12.1. The lowest BCUT2D eigenvalue weighted by Crippen LogP contribution is -2.16. The van der Waals surface area contributed by atoms with Gasteiger partial charge in [0.2, 0.25) is 0 Å². The summed E-state index contributed by atoms with van der Waals surface area (Å²) in [5.74, 6) is -0.520. The van der Waals surface area contributed by atoms with Gasteiger partial charge in [0, 0.05) is 6.42 Å². The lowest BCUT2D eigenvalue weighted by molar-refractivity contribution is -0.234. The fraction of sp³-hybridized carbons (Fsp3) is 0.667. The number of hydrogen-bond donors (Lipinski definition) is 1. The normalized spacial score (nSPS) is 11.5. The molecule has 0 unspecified atom stereocenters. The SMILES string of the molecule is CC(C)(CCCCCCCCCCCC(=O)OO)c1ccccc1. The van der Waals surface area contributed by atoms with E-state index in [2.05, 4.69) is 49.1 Å². The highest BCUT2D eigenvalue weighted by Gasteiger charge is 2.19. The minimum Gasteiger partial charge on any atom is -0.301 e. The Morgan fingerprint density at radius 1 is 0.875 bits per heavy atom. The quantitative estimate of drug-likeness (QED) is 0.263. The molecule has 0 amide bonds. The number of carbonyl (C=O) groups excluding carboxylic acids is 1. The molecule has 0 heterocycles. The van der Waals surface area contributed by atoms with Crippen LogP contribution in [0.4, 0.5) is 0 Å². The molecule has 1 aromatic rings. The van der Waals surface area contributed by atoms with E-state index in [9.17, 15) is 4.79 Å². The van der Waals surface area contributed by atoms with Gasteiger partial charge in [-0.15, -0.1) is 0 Å². The molecule has 0 saturated heterocycles. The molecule has 3 nitrogen and oxygen atoms in total. The van der Waals surface area contributed by atoms with Gasteiger partial charge in [-0.05, 0) is 23.8 Å². The Labute approximate surface area is 147 Å². The lowest BCUT2D eigenvalue weighted by Gasteiger charge is -2.25. The van der Waals surface area contributed by atoms with Crippen molar-refractivity contribution < 1.29 is 14.9 Å². The van der Waals surface area contributed by atoms with Gasteiger partial charge in [0.05, 0.1) is 0 Å². The summed E-state index contributed by atoms with van der Waals surface area (Å²) >= 11 is 0. The van der Waals surface area contributed by atoms with E-state index in [4.69, 9.17) is 5.26 Å². The Morgan fingerprint density at radius 2 is 1.38 bits per heavy atom. The van der Waals surface area contributed by atoms with Crippen LogP contribution in [0.15, 0.2) is 30.3 Å². The maximum atomic E-state index is 10.7. The van der Waals surface area contributed by atoms with Crippen molar-refractivity contribution >= 4 is 5.97 Å². The summed E-state index contributed by atoms with van der Waals surface area (Å²) in [6, 6.07) is 10.8. The number of carbonyl (C=O) groups is 1.